The molecule has 3 heteroatoms. The quantitative estimate of drug-likeness (QED) is 0.696. The zero-order valence-electron chi connectivity index (χ0n) is 13.0. The van der Waals surface area contributed by atoms with Crippen molar-refractivity contribution >= 4 is 10.9 Å². The lowest BCUT2D eigenvalue weighted by Gasteiger charge is -2.09. The van der Waals surface area contributed by atoms with E-state index in [9.17, 15) is 5.11 Å². The number of pyridine rings is 1. The summed E-state index contributed by atoms with van der Waals surface area (Å²) in [5, 5.41) is 10.6. The fraction of sp³-hybridized carbons (Fsp3) is 0.211. The molecule has 110 valence electrons. The second-order valence-electron chi connectivity index (χ2n) is 5.44. The molecule has 3 aromatic rings. The fourth-order valence-electron chi connectivity index (χ4n) is 2.70. The van der Waals surface area contributed by atoms with E-state index < -0.39 is 6.10 Å². The number of hydrogen-bond acceptors (Lipinski definition) is 2. The van der Waals surface area contributed by atoms with Crippen molar-refractivity contribution in [1.82, 2.24) is 9.55 Å². The summed E-state index contributed by atoms with van der Waals surface area (Å²) in [6.07, 6.45) is 1.16. The number of benzene rings is 1. The molecule has 1 N–H and O–H groups in total. The zero-order chi connectivity index (χ0) is 15.7. The number of aromatic nitrogens is 2. The Morgan fingerprint density at radius 3 is 2.68 bits per heavy atom. The van der Waals surface area contributed by atoms with Gasteiger partial charge in [0.25, 0.3) is 0 Å². The standard InChI is InChI=1S/C19H18N2O/c1-13-8-10-20-15(3)19(13)18-12-16-6-4-5-7-17(16)21(18)11-9-14(2)22/h4-8,10,12,14,22H,1-3H3. The molecule has 0 aliphatic rings. The van der Waals surface area contributed by atoms with Gasteiger partial charge in [0.2, 0.25) is 0 Å². The minimum Gasteiger partial charge on any atom is -0.381 e. The summed E-state index contributed by atoms with van der Waals surface area (Å²) >= 11 is 0. The second-order valence-corrected chi connectivity index (χ2v) is 5.44. The molecule has 2 aromatic heterocycles. The number of para-hydroxylation sites is 1. The molecule has 0 amide bonds. The summed E-state index contributed by atoms with van der Waals surface area (Å²) in [6.45, 7) is 5.75. The molecule has 0 aliphatic heterocycles. The smallest absolute Gasteiger partial charge is 0.113 e. The predicted molar refractivity (Wildman–Crippen MR) is 89.5 cm³/mol. The van der Waals surface area contributed by atoms with Gasteiger partial charge < -0.3 is 5.11 Å². The Hall–Kier alpha value is -2.57. The van der Waals surface area contributed by atoms with Gasteiger partial charge in [-0.3, -0.25) is 9.55 Å². The van der Waals surface area contributed by atoms with Crippen LogP contribution in [-0.4, -0.2) is 20.8 Å². The van der Waals surface area contributed by atoms with Crippen molar-refractivity contribution in [2.45, 2.75) is 26.9 Å². The van der Waals surface area contributed by atoms with Gasteiger partial charge in [0.1, 0.15) is 6.10 Å². The Morgan fingerprint density at radius 2 is 1.95 bits per heavy atom. The molecule has 0 saturated heterocycles. The summed E-state index contributed by atoms with van der Waals surface area (Å²) in [5.74, 6) is 2.84. The van der Waals surface area contributed by atoms with E-state index in [1.165, 1.54) is 0 Å². The minimum atomic E-state index is -0.662. The van der Waals surface area contributed by atoms with Gasteiger partial charge in [0.05, 0.1) is 11.2 Å². The lowest BCUT2D eigenvalue weighted by Crippen LogP contribution is -2.00. The van der Waals surface area contributed by atoms with Crippen LogP contribution in [0.1, 0.15) is 18.2 Å². The van der Waals surface area contributed by atoms with Gasteiger partial charge in [-0.25, -0.2) is 0 Å². The Morgan fingerprint density at radius 1 is 1.18 bits per heavy atom. The van der Waals surface area contributed by atoms with Crippen LogP contribution in [0.3, 0.4) is 0 Å². The van der Waals surface area contributed by atoms with Crippen molar-refractivity contribution in [1.29, 1.82) is 0 Å². The molecule has 2 heterocycles. The van der Waals surface area contributed by atoms with Gasteiger partial charge in [0.15, 0.2) is 0 Å². The van der Waals surface area contributed by atoms with Crippen LogP contribution in [-0.2, 0) is 0 Å². The topological polar surface area (TPSA) is 38.0 Å². The van der Waals surface area contributed by atoms with E-state index in [-0.39, 0.29) is 0 Å². The molecule has 0 saturated carbocycles. The maximum atomic E-state index is 9.49. The Balaban J connectivity index is 2.35. The summed E-state index contributed by atoms with van der Waals surface area (Å²) < 4.78 is 1.94. The number of fused-ring (bicyclic) bond motifs is 1. The van der Waals surface area contributed by atoms with Crippen molar-refractivity contribution in [3.8, 4) is 23.2 Å². The van der Waals surface area contributed by atoms with E-state index in [0.717, 1.165) is 33.4 Å². The first kappa shape index (κ1) is 14.4. The molecule has 0 radical (unpaired) electrons. The lowest BCUT2D eigenvalue weighted by atomic mass is 10.0. The fourth-order valence-corrected chi connectivity index (χ4v) is 2.70. The molecular formula is C19H18N2O. The first-order chi connectivity index (χ1) is 10.6. The van der Waals surface area contributed by atoms with Crippen LogP contribution >= 0.6 is 0 Å². The average Bonchev–Trinajstić information content (AvgIpc) is 2.83. The van der Waals surface area contributed by atoms with Crippen LogP contribution in [0.4, 0.5) is 0 Å². The monoisotopic (exact) mass is 290 g/mol. The van der Waals surface area contributed by atoms with Gasteiger partial charge in [0, 0.05) is 28.9 Å². The maximum absolute atomic E-state index is 9.49. The number of rotatable bonds is 1. The lowest BCUT2D eigenvalue weighted by molar-refractivity contribution is 0.253. The van der Waals surface area contributed by atoms with E-state index in [2.05, 4.69) is 36.0 Å². The van der Waals surface area contributed by atoms with Crippen LogP contribution < -0.4 is 0 Å². The Kier molecular flexibility index (Phi) is 3.70. The third-order valence-electron chi connectivity index (χ3n) is 3.70. The van der Waals surface area contributed by atoms with Crippen molar-refractivity contribution in [2.75, 3.05) is 0 Å². The number of aryl methyl sites for hydroxylation is 2. The summed E-state index contributed by atoms with van der Waals surface area (Å²) in [5.41, 5.74) is 5.28. The number of hydrogen-bond donors (Lipinski definition) is 1. The number of aliphatic hydroxyl groups excluding tert-OH is 1. The first-order valence-electron chi connectivity index (χ1n) is 7.30. The van der Waals surface area contributed by atoms with Crippen LogP contribution in [0.2, 0.25) is 0 Å². The molecule has 1 unspecified atom stereocenters. The van der Waals surface area contributed by atoms with Gasteiger partial charge in [-0.05, 0) is 50.5 Å². The molecule has 0 bridgehead atoms. The van der Waals surface area contributed by atoms with E-state index in [4.69, 9.17) is 0 Å². The van der Waals surface area contributed by atoms with Gasteiger partial charge in [-0.2, -0.15) is 0 Å². The highest BCUT2D eigenvalue weighted by atomic mass is 16.3. The third-order valence-corrected chi connectivity index (χ3v) is 3.70. The predicted octanol–water partition coefficient (Wildman–Crippen LogP) is 3.51. The largest absolute Gasteiger partial charge is 0.381 e. The molecule has 0 fully saturated rings. The average molecular weight is 290 g/mol. The van der Waals surface area contributed by atoms with Crippen molar-refractivity contribution in [2.24, 2.45) is 0 Å². The highest BCUT2D eigenvalue weighted by Gasteiger charge is 2.14. The van der Waals surface area contributed by atoms with Crippen LogP contribution in [0.5, 0.6) is 0 Å². The third kappa shape index (κ3) is 2.49. The second kappa shape index (κ2) is 5.67. The maximum Gasteiger partial charge on any atom is 0.113 e. The van der Waals surface area contributed by atoms with Gasteiger partial charge >= 0.3 is 0 Å². The molecule has 22 heavy (non-hydrogen) atoms. The molecule has 1 aromatic carbocycles. The van der Waals surface area contributed by atoms with Crippen molar-refractivity contribution in [3.63, 3.8) is 0 Å². The van der Waals surface area contributed by atoms with Crippen LogP contribution in [0.25, 0.3) is 22.2 Å². The minimum absolute atomic E-state index is 0.662. The van der Waals surface area contributed by atoms with E-state index in [0.29, 0.717) is 0 Å². The van der Waals surface area contributed by atoms with E-state index in [1.54, 1.807) is 6.92 Å². The van der Waals surface area contributed by atoms with Gasteiger partial charge in [-0.1, -0.05) is 18.2 Å². The molecule has 1 atom stereocenters. The molecular weight excluding hydrogens is 272 g/mol. The SMILES string of the molecule is Cc1ccnc(C)c1-c1cc2ccccc2n1C#CC(C)O. The first-order valence-corrected chi connectivity index (χ1v) is 7.30. The normalized spacial score (nSPS) is 12.0. The highest BCUT2D eigenvalue weighted by molar-refractivity contribution is 5.89. The van der Waals surface area contributed by atoms with E-state index in [1.807, 2.05) is 42.0 Å². The molecule has 0 aliphatic carbocycles. The Labute approximate surface area is 130 Å². The molecule has 3 nitrogen and oxygen atoms in total. The number of nitrogens with zero attached hydrogens (tertiary/aromatic N) is 2. The summed E-state index contributed by atoms with van der Waals surface area (Å²) in [6, 6.07) is 15.3. The summed E-state index contributed by atoms with van der Waals surface area (Å²) in [4.78, 5) is 4.41. The van der Waals surface area contributed by atoms with Crippen LogP contribution in [0, 0.1) is 25.8 Å². The van der Waals surface area contributed by atoms with Crippen LogP contribution in [0.15, 0.2) is 42.6 Å². The van der Waals surface area contributed by atoms with Crippen molar-refractivity contribution in [3.05, 3.63) is 53.9 Å². The molecule has 0 spiro atoms. The zero-order valence-corrected chi connectivity index (χ0v) is 13.0. The van der Waals surface area contributed by atoms with Gasteiger partial charge in [-0.15, -0.1) is 0 Å². The van der Waals surface area contributed by atoms with E-state index >= 15 is 0 Å². The summed E-state index contributed by atoms with van der Waals surface area (Å²) in [7, 11) is 0. The highest BCUT2D eigenvalue weighted by Crippen LogP contribution is 2.31. The number of aliphatic hydroxyl groups is 1. The Bertz CT molecular complexity index is 874. The molecule has 3 rings (SSSR count). The van der Waals surface area contributed by atoms with Crippen molar-refractivity contribution < 1.29 is 5.11 Å².